The van der Waals surface area contributed by atoms with E-state index in [-0.39, 0.29) is 11.1 Å². The highest BCUT2D eigenvalue weighted by molar-refractivity contribution is 6.99. The maximum atomic E-state index is 7.03. The Morgan fingerprint density at radius 1 is 0.697 bits per heavy atom. The van der Waals surface area contributed by atoms with Crippen LogP contribution in [0.25, 0.3) is 0 Å². The lowest BCUT2D eigenvalue weighted by molar-refractivity contribution is 0.247. The molecule has 1 heterocycles. The van der Waals surface area contributed by atoms with Crippen LogP contribution in [-0.2, 0) is 9.16 Å². The number of unbranched alkanes of at least 4 members (excludes halogenated alkanes) is 8. The van der Waals surface area contributed by atoms with Crippen molar-refractivity contribution in [2.24, 2.45) is 0 Å². The molecule has 0 radical (unpaired) electrons. The molecule has 2 atom stereocenters. The van der Waals surface area contributed by atoms with Crippen molar-refractivity contribution in [3.05, 3.63) is 60.7 Å². The van der Waals surface area contributed by atoms with Crippen LogP contribution in [0.5, 0.6) is 0 Å². The molecule has 0 saturated carbocycles. The third kappa shape index (κ3) is 7.28. The molecule has 2 aromatic rings. The SMILES string of the molecule is CCCCCCCCCCC[C@H]1O[C@H]1CO[Si](c1ccccc1)(c1ccccc1)C(C)(C)C. The van der Waals surface area contributed by atoms with Crippen molar-refractivity contribution in [2.75, 3.05) is 6.61 Å². The highest BCUT2D eigenvalue weighted by atomic mass is 28.4. The molecule has 182 valence electrons. The van der Waals surface area contributed by atoms with Crippen LogP contribution in [-0.4, -0.2) is 27.1 Å². The van der Waals surface area contributed by atoms with Crippen molar-refractivity contribution in [3.8, 4) is 0 Å². The smallest absolute Gasteiger partial charge is 0.261 e. The number of hydrogen-bond acceptors (Lipinski definition) is 2. The predicted molar refractivity (Wildman–Crippen MR) is 144 cm³/mol. The molecular weight excluding hydrogens is 420 g/mol. The lowest BCUT2D eigenvalue weighted by Crippen LogP contribution is -2.66. The molecule has 0 amide bonds. The van der Waals surface area contributed by atoms with E-state index in [4.69, 9.17) is 9.16 Å². The standard InChI is InChI=1S/C30H46O2Si/c1-5-6-7-8-9-10-11-12-19-24-28-29(32-28)25-31-33(30(2,3)4,26-20-15-13-16-21-26)27-22-17-14-18-23-27/h13-18,20-23,28-29H,5-12,19,24-25H2,1-4H3/t28-,29+/m1/s1. The molecule has 0 N–H and O–H groups in total. The molecule has 1 aliphatic heterocycles. The molecule has 0 spiro atoms. The number of rotatable bonds is 15. The summed E-state index contributed by atoms with van der Waals surface area (Å²) in [5.41, 5.74) is 0. The molecule has 3 rings (SSSR count). The lowest BCUT2D eigenvalue weighted by atomic mass is 10.1. The zero-order valence-corrected chi connectivity index (χ0v) is 22.5. The molecule has 3 heteroatoms. The van der Waals surface area contributed by atoms with Crippen molar-refractivity contribution >= 4 is 18.7 Å². The minimum Gasteiger partial charge on any atom is -0.405 e. The van der Waals surface area contributed by atoms with Gasteiger partial charge >= 0.3 is 0 Å². The second-order valence-electron chi connectivity index (χ2n) is 10.8. The van der Waals surface area contributed by atoms with Crippen molar-refractivity contribution in [1.82, 2.24) is 0 Å². The fourth-order valence-electron chi connectivity index (χ4n) is 5.20. The number of epoxide rings is 1. The van der Waals surface area contributed by atoms with Crippen LogP contribution >= 0.6 is 0 Å². The topological polar surface area (TPSA) is 21.8 Å². The van der Waals surface area contributed by atoms with Gasteiger partial charge in [-0.25, -0.2) is 0 Å². The fourth-order valence-corrected chi connectivity index (χ4v) is 9.77. The number of benzene rings is 2. The minimum absolute atomic E-state index is 0.0250. The number of ether oxygens (including phenoxy) is 1. The van der Waals surface area contributed by atoms with E-state index >= 15 is 0 Å². The summed E-state index contributed by atoms with van der Waals surface area (Å²) in [6, 6.07) is 21.8. The van der Waals surface area contributed by atoms with Crippen LogP contribution in [0.15, 0.2) is 60.7 Å². The van der Waals surface area contributed by atoms with Crippen LogP contribution in [0, 0.1) is 0 Å². The van der Waals surface area contributed by atoms with Crippen molar-refractivity contribution in [3.63, 3.8) is 0 Å². The van der Waals surface area contributed by atoms with E-state index in [0.717, 1.165) is 0 Å². The van der Waals surface area contributed by atoms with E-state index in [1.165, 1.54) is 74.6 Å². The molecular formula is C30H46O2Si. The van der Waals surface area contributed by atoms with Crippen molar-refractivity contribution < 1.29 is 9.16 Å². The van der Waals surface area contributed by atoms with E-state index in [1.807, 2.05) is 0 Å². The van der Waals surface area contributed by atoms with Gasteiger partial charge in [0.2, 0.25) is 0 Å². The van der Waals surface area contributed by atoms with Crippen LogP contribution in [0.1, 0.15) is 91.9 Å². The molecule has 0 unspecified atom stereocenters. The maximum absolute atomic E-state index is 7.03. The Morgan fingerprint density at radius 3 is 1.67 bits per heavy atom. The van der Waals surface area contributed by atoms with Gasteiger partial charge in [-0.15, -0.1) is 0 Å². The quantitative estimate of drug-likeness (QED) is 0.157. The highest BCUT2D eigenvalue weighted by Crippen LogP contribution is 2.38. The first-order valence-corrected chi connectivity index (χ1v) is 15.3. The number of hydrogen-bond donors (Lipinski definition) is 0. The lowest BCUT2D eigenvalue weighted by Gasteiger charge is -2.43. The van der Waals surface area contributed by atoms with Gasteiger partial charge in [-0.2, -0.15) is 0 Å². The largest absolute Gasteiger partial charge is 0.405 e. The third-order valence-corrected chi connectivity index (χ3v) is 12.2. The van der Waals surface area contributed by atoms with Crippen LogP contribution in [0.2, 0.25) is 5.04 Å². The van der Waals surface area contributed by atoms with E-state index in [2.05, 4.69) is 88.4 Å². The first kappa shape index (κ1) is 26.2. The van der Waals surface area contributed by atoms with Gasteiger partial charge in [0.15, 0.2) is 0 Å². The van der Waals surface area contributed by atoms with Gasteiger partial charge in [-0.3, -0.25) is 0 Å². The average Bonchev–Trinajstić information content (AvgIpc) is 3.57. The van der Waals surface area contributed by atoms with Crippen LogP contribution < -0.4 is 10.4 Å². The van der Waals surface area contributed by atoms with Gasteiger partial charge in [-0.1, -0.05) is 146 Å². The zero-order chi connectivity index (χ0) is 23.6. The van der Waals surface area contributed by atoms with Gasteiger partial charge in [0.1, 0.15) is 6.10 Å². The molecule has 0 bridgehead atoms. The second-order valence-corrected chi connectivity index (χ2v) is 15.1. The van der Waals surface area contributed by atoms with Gasteiger partial charge in [-0.05, 0) is 21.8 Å². The van der Waals surface area contributed by atoms with Crippen molar-refractivity contribution in [2.45, 2.75) is 109 Å². The van der Waals surface area contributed by atoms with E-state index < -0.39 is 8.32 Å². The zero-order valence-electron chi connectivity index (χ0n) is 21.5. The molecule has 0 aliphatic carbocycles. The summed E-state index contributed by atoms with van der Waals surface area (Å²) < 4.78 is 13.1. The second kappa shape index (κ2) is 12.9. The van der Waals surface area contributed by atoms with E-state index in [9.17, 15) is 0 Å². The third-order valence-electron chi connectivity index (χ3n) is 7.16. The van der Waals surface area contributed by atoms with Gasteiger partial charge in [0.05, 0.1) is 12.7 Å². The monoisotopic (exact) mass is 466 g/mol. The van der Waals surface area contributed by atoms with Gasteiger partial charge < -0.3 is 9.16 Å². The molecule has 1 aliphatic rings. The molecule has 33 heavy (non-hydrogen) atoms. The Morgan fingerprint density at radius 2 is 1.18 bits per heavy atom. The van der Waals surface area contributed by atoms with E-state index in [0.29, 0.717) is 12.7 Å². The average molecular weight is 467 g/mol. The minimum atomic E-state index is -2.44. The predicted octanol–water partition coefficient (Wildman–Crippen LogP) is 7.25. The summed E-state index contributed by atoms with van der Waals surface area (Å²) >= 11 is 0. The van der Waals surface area contributed by atoms with Crippen LogP contribution in [0.3, 0.4) is 0 Å². The summed E-state index contributed by atoms with van der Waals surface area (Å²) in [5.74, 6) is 0. The summed E-state index contributed by atoms with van der Waals surface area (Å²) in [7, 11) is -2.44. The summed E-state index contributed by atoms with van der Waals surface area (Å²) in [6.45, 7) is 10.0. The molecule has 2 aromatic carbocycles. The Kier molecular flexibility index (Phi) is 10.2. The molecule has 1 saturated heterocycles. The molecule has 2 nitrogen and oxygen atoms in total. The normalized spacial score (nSPS) is 18.4. The Labute approximate surface area is 204 Å². The van der Waals surface area contributed by atoms with Gasteiger partial charge in [0.25, 0.3) is 8.32 Å². The molecule has 1 fully saturated rings. The maximum Gasteiger partial charge on any atom is 0.261 e. The Balaban J connectivity index is 1.51. The summed E-state index contributed by atoms with van der Waals surface area (Å²) in [6.07, 6.45) is 14.2. The summed E-state index contributed by atoms with van der Waals surface area (Å²) in [4.78, 5) is 0. The Hall–Kier alpha value is -1.42. The first-order chi connectivity index (χ1) is 16.0. The summed E-state index contributed by atoms with van der Waals surface area (Å²) in [5, 5.41) is 2.72. The van der Waals surface area contributed by atoms with Gasteiger partial charge in [0, 0.05) is 0 Å². The Bertz CT molecular complexity index is 744. The highest BCUT2D eigenvalue weighted by Gasteiger charge is 2.51. The van der Waals surface area contributed by atoms with E-state index in [1.54, 1.807) is 0 Å². The van der Waals surface area contributed by atoms with Crippen molar-refractivity contribution in [1.29, 1.82) is 0 Å². The van der Waals surface area contributed by atoms with Crippen LogP contribution in [0.4, 0.5) is 0 Å². The first-order valence-electron chi connectivity index (χ1n) is 13.4. The fraction of sp³-hybridized carbons (Fsp3) is 0.600. The molecule has 0 aromatic heterocycles.